The Bertz CT molecular complexity index is 1070. The smallest absolute Gasteiger partial charge is 0.406 e. The molecule has 0 fully saturated rings. The highest BCUT2D eigenvalue weighted by atomic mass is 19.4. The van der Waals surface area contributed by atoms with Gasteiger partial charge in [0.05, 0.1) is 5.69 Å². The number of ether oxygens (including phenoxy) is 1. The molecule has 0 bridgehead atoms. The Kier molecular flexibility index (Phi) is 5.03. The average molecular weight is 415 g/mol. The van der Waals surface area contributed by atoms with Crippen LogP contribution in [0.2, 0.25) is 0 Å². The van der Waals surface area contributed by atoms with Crippen molar-refractivity contribution < 1.29 is 27.5 Å². The fraction of sp³-hybridized carbons (Fsp3) is 0.190. The summed E-state index contributed by atoms with van der Waals surface area (Å²) in [5.41, 5.74) is 1.84. The van der Waals surface area contributed by atoms with E-state index in [2.05, 4.69) is 15.0 Å². The third-order valence-corrected chi connectivity index (χ3v) is 4.78. The van der Waals surface area contributed by atoms with E-state index in [1.807, 2.05) is 0 Å². The van der Waals surface area contributed by atoms with Crippen LogP contribution in [-0.2, 0) is 4.79 Å². The van der Waals surface area contributed by atoms with E-state index in [4.69, 9.17) is 0 Å². The molecule has 4 rings (SSSR count). The van der Waals surface area contributed by atoms with E-state index >= 15 is 0 Å². The predicted molar refractivity (Wildman–Crippen MR) is 102 cm³/mol. The molecule has 1 aliphatic heterocycles. The van der Waals surface area contributed by atoms with Gasteiger partial charge < -0.3 is 14.6 Å². The second-order valence-corrected chi connectivity index (χ2v) is 6.77. The number of halogens is 3. The number of hydrogen-bond donors (Lipinski definition) is 1. The van der Waals surface area contributed by atoms with E-state index < -0.39 is 12.4 Å². The molecule has 0 saturated carbocycles. The molecule has 2 aromatic heterocycles. The number of amides is 1. The Hall–Kier alpha value is -3.62. The first-order chi connectivity index (χ1) is 14.3. The van der Waals surface area contributed by atoms with Crippen molar-refractivity contribution in [1.29, 1.82) is 0 Å². The number of benzene rings is 1. The zero-order valence-electron chi connectivity index (χ0n) is 15.5. The number of rotatable bonds is 4. The first-order valence-electron chi connectivity index (χ1n) is 9.13. The summed E-state index contributed by atoms with van der Waals surface area (Å²) in [4.78, 5) is 28.8. The van der Waals surface area contributed by atoms with Crippen LogP contribution >= 0.6 is 0 Å². The Balaban J connectivity index is 1.44. The highest BCUT2D eigenvalue weighted by Crippen LogP contribution is 2.28. The van der Waals surface area contributed by atoms with Gasteiger partial charge in [-0.15, -0.1) is 13.2 Å². The number of carbonyl (C=O) groups excluding carboxylic acids is 2. The molecule has 1 aromatic carbocycles. The maximum Gasteiger partial charge on any atom is 0.573 e. The van der Waals surface area contributed by atoms with Crippen molar-refractivity contribution >= 4 is 17.5 Å². The molecule has 1 aliphatic rings. The maximum absolute atomic E-state index is 12.7. The molecule has 0 spiro atoms. The lowest BCUT2D eigenvalue weighted by Crippen LogP contribution is -2.31. The monoisotopic (exact) mass is 415 g/mol. The number of anilines is 1. The molecule has 1 unspecified atom stereocenters. The van der Waals surface area contributed by atoms with E-state index in [9.17, 15) is 22.8 Å². The molecule has 1 N–H and O–H groups in total. The summed E-state index contributed by atoms with van der Waals surface area (Å²) in [5.74, 6) is -0.225. The van der Waals surface area contributed by atoms with Crippen LogP contribution in [0, 0.1) is 0 Å². The quantitative estimate of drug-likeness (QED) is 0.676. The summed E-state index contributed by atoms with van der Waals surface area (Å²) in [7, 11) is 0. The standard InChI is InChI=1S/C21H16F3N3O3/c22-21(23,24)30-15-6-3-13(4-7-15)14-5-10-19(25-12-14)26-20(29)17-8-9-18(28)16-2-1-11-27(16)17/h1-7,10-12,17H,8-9H2,(H,25,26,29). The van der Waals surface area contributed by atoms with Crippen LogP contribution in [0.15, 0.2) is 60.9 Å². The van der Waals surface area contributed by atoms with Gasteiger partial charge in [0.25, 0.3) is 0 Å². The van der Waals surface area contributed by atoms with Crippen LogP contribution in [-0.4, -0.2) is 27.6 Å². The van der Waals surface area contributed by atoms with Crippen molar-refractivity contribution in [3.63, 3.8) is 0 Å². The number of fused-ring (bicyclic) bond motifs is 1. The summed E-state index contributed by atoms with van der Waals surface area (Å²) >= 11 is 0. The summed E-state index contributed by atoms with van der Waals surface area (Å²) in [6, 6.07) is 11.7. The average Bonchev–Trinajstić information content (AvgIpc) is 3.19. The summed E-state index contributed by atoms with van der Waals surface area (Å²) in [5, 5.41) is 2.74. The molecule has 0 saturated heterocycles. The molecule has 1 atom stereocenters. The van der Waals surface area contributed by atoms with Crippen molar-refractivity contribution in [2.45, 2.75) is 25.2 Å². The molecule has 3 heterocycles. The molecule has 6 nitrogen and oxygen atoms in total. The largest absolute Gasteiger partial charge is 0.573 e. The fourth-order valence-corrected chi connectivity index (χ4v) is 3.39. The minimum absolute atomic E-state index is 0.0122. The van der Waals surface area contributed by atoms with E-state index in [-0.39, 0.29) is 17.4 Å². The second kappa shape index (κ2) is 7.66. The number of aromatic nitrogens is 2. The van der Waals surface area contributed by atoms with Gasteiger partial charge >= 0.3 is 6.36 Å². The van der Waals surface area contributed by atoms with Gasteiger partial charge in [-0.2, -0.15) is 0 Å². The van der Waals surface area contributed by atoms with Crippen molar-refractivity contribution in [3.05, 3.63) is 66.6 Å². The van der Waals surface area contributed by atoms with E-state index in [0.717, 1.165) is 0 Å². The van der Waals surface area contributed by atoms with Crippen molar-refractivity contribution in [3.8, 4) is 16.9 Å². The highest BCUT2D eigenvalue weighted by molar-refractivity contribution is 5.99. The minimum atomic E-state index is -4.74. The summed E-state index contributed by atoms with van der Waals surface area (Å²) in [6.45, 7) is 0. The van der Waals surface area contributed by atoms with Gasteiger partial charge in [-0.25, -0.2) is 4.98 Å². The molecule has 30 heavy (non-hydrogen) atoms. The van der Waals surface area contributed by atoms with Crippen LogP contribution in [0.5, 0.6) is 5.75 Å². The van der Waals surface area contributed by atoms with Gasteiger partial charge in [0.15, 0.2) is 5.78 Å². The number of carbonyl (C=O) groups is 2. The number of nitrogens with one attached hydrogen (secondary N) is 1. The minimum Gasteiger partial charge on any atom is -0.406 e. The predicted octanol–water partition coefficient (Wildman–Crippen LogP) is 4.61. The van der Waals surface area contributed by atoms with Gasteiger partial charge in [0.1, 0.15) is 17.6 Å². The first kappa shape index (κ1) is 19.7. The molecular formula is C21H16F3N3O3. The lowest BCUT2D eigenvalue weighted by atomic mass is 10.0. The molecule has 154 valence electrons. The van der Waals surface area contributed by atoms with Gasteiger partial charge in [0, 0.05) is 24.4 Å². The molecule has 9 heteroatoms. The Labute approximate surface area is 169 Å². The summed E-state index contributed by atoms with van der Waals surface area (Å²) in [6.07, 6.45) is -0.796. The van der Waals surface area contributed by atoms with E-state index in [1.165, 1.54) is 30.5 Å². The van der Waals surface area contributed by atoms with Gasteiger partial charge in [0.2, 0.25) is 5.91 Å². The molecule has 0 radical (unpaired) electrons. The Morgan fingerprint density at radius 2 is 1.83 bits per heavy atom. The fourth-order valence-electron chi connectivity index (χ4n) is 3.39. The lowest BCUT2D eigenvalue weighted by Gasteiger charge is -2.24. The topological polar surface area (TPSA) is 73.2 Å². The SMILES string of the molecule is O=C1CCC(C(=O)Nc2ccc(-c3ccc(OC(F)(F)F)cc3)cn2)n2cccc21. The van der Waals surface area contributed by atoms with Crippen LogP contribution in [0.1, 0.15) is 29.4 Å². The molecular weight excluding hydrogens is 399 g/mol. The van der Waals surface area contributed by atoms with Crippen LogP contribution in [0.25, 0.3) is 11.1 Å². The Morgan fingerprint density at radius 1 is 1.10 bits per heavy atom. The van der Waals surface area contributed by atoms with Gasteiger partial charge in [-0.1, -0.05) is 12.1 Å². The number of nitrogens with zero attached hydrogens (tertiary/aromatic N) is 2. The number of Topliss-reactive ketones (excluding diaryl/α,β-unsaturated/α-hetero) is 1. The van der Waals surface area contributed by atoms with Crippen molar-refractivity contribution in [2.24, 2.45) is 0 Å². The lowest BCUT2D eigenvalue weighted by molar-refractivity contribution is -0.274. The van der Waals surface area contributed by atoms with Crippen molar-refractivity contribution in [1.82, 2.24) is 9.55 Å². The van der Waals surface area contributed by atoms with Crippen LogP contribution in [0.3, 0.4) is 0 Å². The molecule has 3 aromatic rings. The number of alkyl halides is 3. The normalized spacial score (nSPS) is 16.1. The number of ketones is 1. The molecule has 0 aliphatic carbocycles. The number of hydrogen-bond acceptors (Lipinski definition) is 4. The van der Waals surface area contributed by atoms with Gasteiger partial charge in [-0.3, -0.25) is 9.59 Å². The van der Waals surface area contributed by atoms with E-state index in [0.29, 0.717) is 35.5 Å². The maximum atomic E-state index is 12.7. The van der Waals surface area contributed by atoms with Crippen molar-refractivity contribution in [2.75, 3.05) is 5.32 Å². The zero-order valence-corrected chi connectivity index (χ0v) is 15.5. The number of pyridine rings is 1. The molecule has 1 amide bonds. The van der Waals surface area contributed by atoms with E-state index in [1.54, 1.807) is 35.0 Å². The third kappa shape index (κ3) is 4.19. The zero-order chi connectivity index (χ0) is 21.3. The first-order valence-corrected chi connectivity index (χ1v) is 9.13. The second-order valence-electron chi connectivity index (χ2n) is 6.77. The summed E-state index contributed by atoms with van der Waals surface area (Å²) < 4.78 is 42.3. The highest BCUT2D eigenvalue weighted by Gasteiger charge is 2.31. The Morgan fingerprint density at radius 3 is 2.50 bits per heavy atom. The third-order valence-electron chi connectivity index (χ3n) is 4.78. The van der Waals surface area contributed by atoms with Crippen LogP contribution in [0.4, 0.5) is 19.0 Å². The van der Waals surface area contributed by atoms with Crippen LogP contribution < -0.4 is 10.1 Å². The van der Waals surface area contributed by atoms with Gasteiger partial charge in [-0.05, 0) is 48.4 Å².